The number of aliphatic hydroxyl groups excluding tert-OH is 1. The smallest absolute Gasteiger partial charge is 0.364 e. The van der Waals surface area contributed by atoms with E-state index in [0.29, 0.717) is 26.3 Å². The molecule has 0 saturated carbocycles. The van der Waals surface area contributed by atoms with Crippen molar-refractivity contribution < 1.29 is 34.4 Å². The van der Waals surface area contributed by atoms with Crippen LogP contribution in [0.2, 0.25) is 0 Å². The molecule has 1 amide bonds. The second-order valence-corrected chi connectivity index (χ2v) is 4.73. The van der Waals surface area contributed by atoms with E-state index in [1.807, 2.05) is 0 Å². The van der Waals surface area contributed by atoms with Gasteiger partial charge in [0.15, 0.2) is 0 Å². The molecule has 8 heteroatoms. The number of aliphatic carboxylic acids is 1. The predicted molar refractivity (Wildman–Crippen MR) is 60.1 cm³/mol. The van der Waals surface area contributed by atoms with Gasteiger partial charge in [0, 0.05) is 25.9 Å². The number of nitrogens with zero attached hydrogens (tertiary/aromatic N) is 1. The fourth-order valence-corrected chi connectivity index (χ4v) is 2.26. The van der Waals surface area contributed by atoms with Crippen molar-refractivity contribution in [2.45, 2.75) is 30.8 Å². The summed E-state index contributed by atoms with van der Waals surface area (Å²) < 4.78 is 10.1. The molecule has 2 fully saturated rings. The molecular formula is C11H17NO7. The third-order valence-corrected chi connectivity index (χ3v) is 3.27. The Balaban J connectivity index is 2.06. The minimum absolute atomic E-state index is 0.0220. The van der Waals surface area contributed by atoms with Crippen molar-refractivity contribution in [2.75, 3.05) is 26.3 Å². The summed E-state index contributed by atoms with van der Waals surface area (Å²) in [6, 6.07) is 0. The average Bonchev–Trinajstić information content (AvgIpc) is 2.37. The Bertz CT molecular complexity index is 368. The van der Waals surface area contributed by atoms with Crippen molar-refractivity contribution >= 4 is 11.9 Å². The number of amides is 1. The van der Waals surface area contributed by atoms with Gasteiger partial charge in [0.05, 0.1) is 19.3 Å². The first kappa shape index (κ1) is 14.2. The normalized spacial score (nSPS) is 36.0. The Hall–Kier alpha value is -1.22. The summed E-state index contributed by atoms with van der Waals surface area (Å²) >= 11 is 0. The second-order valence-electron chi connectivity index (χ2n) is 4.73. The zero-order chi connectivity index (χ0) is 14.0. The highest BCUT2D eigenvalue weighted by molar-refractivity contribution is 5.83. The fourth-order valence-electron chi connectivity index (χ4n) is 2.26. The van der Waals surface area contributed by atoms with E-state index in [4.69, 9.17) is 14.6 Å². The number of morpholine rings is 1. The van der Waals surface area contributed by atoms with Crippen LogP contribution in [0.25, 0.3) is 0 Å². The summed E-state index contributed by atoms with van der Waals surface area (Å²) in [6.45, 7) is 1.59. The minimum Gasteiger partial charge on any atom is -0.477 e. The van der Waals surface area contributed by atoms with Crippen LogP contribution in [0, 0.1) is 0 Å². The summed E-state index contributed by atoms with van der Waals surface area (Å²) in [5, 5.41) is 28.3. The molecule has 3 unspecified atom stereocenters. The quantitative estimate of drug-likeness (QED) is 0.542. The molecule has 0 aliphatic carbocycles. The Labute approximate surface area is 109 Å². The van der Waals surface area contributed by atoms with E-state index in [2.05, 4.69) is 0 Å². The van der Waals surface area contributed by atoms with Gasteiger partial charge in [-0.25, -0.2) is 4.79 Å². The monoisotopic (exact) mass is 275 g/mol. The minimum atomic E-state index is -2.51. The zero-order valence-electron chi connectivity index (χ0n) is 10.3. The van der Waals surface area contributed by atoms with E-state index in [1.165, 1.54) is 4.90 Å². The summed E-state index contributed by atoms with van der Waals surface area (Å²) in [4.78, 5) is 24.6. The lowest BCUT2D eigenvalue weighted by Crippen LogP contribution is -2.57. The Kier molecular flexibility index (Phi) is 4.04. The molecule has 0 radical (unpaired) electrons. The van der Waals surface area contributed by atoms with E-state index < -0.39 is 36.3 Å². The standard InChI is InChI=1S/C11H17NO7/c13-7-5-8(19-11(17,6-7)10(15)16)9(14)12-1-3-18-4-2-12/h7-8,13,17H,1-6H2,(H,15,16). The first-order valence-corrected chi connectivity index (χ1v) is 6.10. The first-order chi connectivity index (χ1) is 8.92. The van der Waals surface area contributed by atoms with Crippen LogP contribution in [-0.2, 0) is 19.1 Å². The molecule has 3 atom stereocenters. The Morgan fingerprint density at radius 1 is 1.26 bits per heavy atom. The zero-order valence-corrected chi connectivity index (χ0v) is 10.3. The van der Waals surface area contributed by atoms with Crippen molar-refractivity contribution in [3.05, 3.63) is 0 Å². The number of carbonyl (C=O) groups excluding carboxylic acids is 1. The maximum Gasteiger partial charge on any atom is 0.364 e. The van der Waals surface area contributed by atoms with E-state index in [0.717, 1.165) is 0 Å². The SMILES string of the molecule is O=C(C1CC(O)CC(O)(C(=O)O)O1)N1CCOCC1. The van der Waals surface area contributed by atoms with Crippen LogP contribution in [0.1, 0.15) is 12.8 Å². The molecule has 0 aromatic rings. The number of hydrogen-bond acceptors (Lipinski definition) is 6. The van der Waals surface area contributed by atoms with E-state index >= 15 is 0 Å². The van der Waals surface area contributed by atoms with Gasteiger partial charge in [0.1, 0.15) is 6.10 Å². The maximum absolute atomic E-state index is 12.1. The molecule has 2 aliphatic rings. The lowest BCUT2D eigenvalue weighted by atomic mass is 9.97. The van der Waals surface area contributed by atoms with Crippen LogP contribution in [0.3, 0.4) is 0 Å². The number of aliphatic hydroxyl groups is 2. The topological polar surface area (TPSA) is 117 Å². The summed E-state index contributed by atoms with van der Waals surface area (Å²) in [7, 11) is 0. The number of carboxylic acids is 1. The fraction of sp³-hybridized carbons (Fsp3) is 0.818. The number of carbonyl (C=O) groups is 2. The van der Waals surface area contributed by atoms with Gasteiger partial charge >= 0.3 is 5.97 Å². The van der Waals surface area contributed by atoms with E-state index in [1.54, 1.807) is 0 Å². The highest BCUT2D eigenvalue weighted by atomic mass is 16.7. The van der Waals surface area contributed by atoms with Crippen LogP contribution in [0.4, 0.5) is 0 Å². The number of ether oxygens (including phenoxy) is 2. The van der Waals surface area contributed by atoms with Gasteiger partial charge < -0.3 is 29.7 Å². The van der Waals surface area contributed by atoms with Gasteiger partial charge in [-0.3, -0.25) is 4.79 Å². The van der Waals surface area contributed by atoms with Crippen LogP contribution in [-0.4, -0.2) is 76.4 Å². The van der Waals surface area contributed by atoms with Gasteiger partial charge in [-0.15, -0.1) is 0 Å². The van der Waals surface area contributed by atoms with Crippen molar-refractivity contribution in [3.63, 3.8) is 0 Å². The van der Waals surface area contributed by atoms with Gasteiger partial charge in [0.2, 0.25) is 0 Å². The average molecular weight is 275 g/mol. The summed E-state index contributed by atoms with van der Waals surface area (Å²) in [5.41, 5.74) is 0. The third-order valence-electron chi connectivity index (χ3n) is 3.27. The molecule has 0 aromatic heterocycles. The van der Waals surface area contributed by atoms with Crippen LogP contribution < -0.4 is 0 Å². The highest BCUT2D eigenvalue weighted by Crippen LogP contribution is 2.28. The van der Waals surface area contributed by atoms with Crippen molar-refractivity contribution in [1.29, 1.82) is 0 Å². The molecule has 0 spiro atoms. The number of rotatable bonds is 2. The lowest BCUT2D eigenvalue weighted by molar-refractivity contribution is -0.268. The molecule has 19 heavy (non-hydrogen) atoms. The van der Waals surface area contributed by atoms with Gasteiger partial charge in [-0.05, 0) is 0 Å². The molecule has 0 bridgehead atoms. The third kappa shape index (κ3) is 3.03. The van der Waals surface area contributed by atoms with Crippen LogP contribution in [0.15, 0.2) is 0 Å². The van der Waals surface area contributed by atoms with Gasteiger partial charge in [0.25, 0.3) is 11.7 Å². The molecule has 2 heterocycles. The van der Waals surface area contributed by atoms with Gasteiger partial charge in [-0.2, -0.15) is 0 Å². The van der Waals surface area contributed by atoms with Crippen molar-refractivity contribution in [1.82, 2.24) is 4.90 Å². The molecule has 8 nitrogen and oxygen atoms in total. The van der Waals surface area contributed by atoms with Gasteiger partial charge in [-0.1, -0.05) is 0 Å². The van der Waals surface area contributed by atoms with E-state index in [9.17, 15) is 19.8 Å². The lowest BCUT2D eigenvalue weighted by Gasteiger charge is -2.38. The molecule has 0 aromatic carbocycles. The van der Waals surface area contributed by atoms with Crippen molar-refractivity contribution in [3.8, 4) is 0 Å². The summed E-state index contributed by atoms with van der Waals surface area (Å²) in [6.07, 6.45) is -2.71. The largest absolute Gasteiger partial charge is 0.477 e. The number of hydrogen-bond donors (Lipinski definition) is 3. The predicted octanol–water partition coefficient (Wildman–Crippen LogP) is -1.84. The maximum atomic E-state index is 12.1. The van der Waals surface area contributed by atoms with Crippen LogP contribution >= 0.6 is 0 Å². The molecule has 2 aliphatic heterocycles. The molecule has 3 N–H and O–H groups in total. The molecule has 108 valence electrons. The highest BCUT2D eigenvalue weighted by Gasteiger charge is 2.48. The van der Waals surface area contributed by atoms with Crippen molar-refractivity contribution in [2.24, 2.45) is 0 Å². The summed E-state index contributed by atoms with van der Waals surface area (Å²) in [5.74, 6) is -4.54. The second kappa shape index (κ2) is 5.41. The molecule has 2 saturated heterocycles. The number of carboxylic acid groups (broad SMARTS) is 1. The molecule has 2 rings (SSSR count). The Morgan fingerprint density at radius 3 is 2.47 bits per heavy atom. The van der Waals surface area contributed by atoms with Crippen LogP contribution in [0.5, 0.6) is 0 Å². The Morgan fingerprint density at radius 2 is 1.89 bits per heavy atom. The first-order valence-electron chi connectivity index (χ1n) is 6.10. The van der Waals surface area contributed by atoms with E-state index in [-0.39, 0.29) is 6.42 Å². The molecular weight excluding hydrogens is 258 g/mol.